The van der Waals surface area contributed by atoms with Gasteiger partial charge in [0.2, 0.25) is 17.7 Å². The number of rotatable bonds is 6. The van der Waals surface area contributed by atoms with Crippen LogP contribution in [0.1, 0.15) is 52.0 Å². The summed E-state index contributed by atoms with van der Waals surface area (Å²) in [5, 5.41) is 5.62. The van der Waals surface area contributed by atoms with Crippen molar-refractivity contribution in [1.82, 2.24) is 10.2 Å². The number of hydrogen-bond donors (Lipinski definition) is 2. The molecule has 2 rings (SSSR count). The van der Waals surface area contributed by atoms with Gasteiger partial charge in [-0.15, -0.1) is 0 Å². The van der Waals surface area contributed by atoms with E-state index < -0.39 is 5.41 Å². The summed E-state index contributed by atoms with van der Waals surface area (Å²) < 4.78 is 0. The number of amides is 3. The van der Waals surface area contributed by atoms with E-state index in [1.165, 1.54) is 0 Å². The van der Waals surface area contributed by atoms with Crippen molar-refractivity contribution < 1.29 is 14.4 Å². The fraction of sp³-hybridized carbons (Fsp3) is 0.550. The molecule has 1 aromatic carbocycles. The zero-order valence-corrected chi connectivity index (χ0v) is 15.9. The molecule has 0 unspecified atom stereocenters. The number of carbonyl (C=O) groups excluding carboxylic acids is 3. The van der Waals surface area contributed by atoms with E-state index in [-0.39, 0.29) is 24.1 Å². The average molecular weight is 359 g/mol. The first-order chi connectivity index (χ1) is 12.3. The normalized spacial score (nSPS) is 14.9. The van der Waals surface area contributed by atoms with Crippen LogP contribution in [0.25, 0.3) is 0 Å². The Kier molecular flexibility index (Phi) is 6.77. The molecule has 6 heteroatoms. The topological polar surface area (TPSA) is 78.5 Å². The Morgan fingerprint density at radius 2 is 1.96 bits per heavy atom. The van der Waals surface area contributed by atoms with E-state index in [0.717, 1.165) is 24.9 Å². The maximum absolute atomic E-state index is 12.1. The number of hydrogen-bond acceptors (Lipinski definition) is 3. The van der Waals surface area contributed by atoms with Gasteiger partial charge in [-0.2, -0.15) is 0 Å². The van der Waals surface area contributed by atoms with E-state index in [9.17, 15) is 14.4 Å². The molecule has 1 aromatic rings. The average Bonchev–Trinajstić information content (AvgIpc) is 2.56. The fourth-order valence-electron chi connectivity index (χ4n) is 2.77. The van der Waals surface area contributed by atoms with Crippen molar-refractivity contribution in [3.63, 3.8) is 0 Å². The van der Waals surface area contributed by atoms with Gasteiger partial charge in [-0.3, -0.25) is 14.4 Å². The third-order valence-electron chi connectivity index (χ3n) is 4.32. The lowest BCUT2D eigenvalue weighted by Gasteiger charge is -2.26. The molecule has 1 saturated heterocycles. The molecular weight excluding hydrogens is 330 g/mol. The van der Waals surface area contributed by atoms with Crippen molar-refractivity contribution in [2.75, 3.05) is 18.4 Å². The van der Waals surface area contributed by atoms with Gasteiger partial charge in [0.1, 0.15) is 0 Å². The van der Waals surface area contributed by atoms with Crippen LogP contribution in [0.5, 0.6) is 0 Å². The van der Waals surface area contributed by atoms with Gasteiger partial charge in [0.15, 0.2) is 0 Å². The summed E-state index contributed by atoms with van der Waals surface area (Å²) in [5.41, 5.74) is 1.25. The largest absolute Gasteiger partial charge is 0.355 e. The number of benzene rings is 1. The molecule has 0 aliphatic carbocycles. The predicted molar refractivity (Wildman–Crippen MR) is 101 cm³/mol. The van der Waals surface area contributed by atoms with Crippen LogP contribution in [-0.2, 0) is 20.9 Å². The maximum Gasteiger partial charge on any atom is 0.226 e. The highest BCUT2D eigenvalue weighted by molar-refractivity contribution is 5.91. The molecular formula is C20H29N3O3. The maximum atomic E-state index is 12.1. The lowest BCUT2D eigenvalue weighted by Crippen LogP contribution is -2.36. The first-order valence-electron chi connectivity index (χ1n) is 9.20. The van der Waals surface area contributed by atoms with Gasteiger partial charge in [0.05, 0.1) is 0 Å². The molecule has 0 spiro atoms. The number of carbonyl (C=O) groups is 3. The second-order valence-corrected chi connectivity index (χ2v) is 7.78. The lowest BCUT2D eigenvalue weighted by atomic mass is 9.96. The van der Waals surface area contributed by atoms with Crippen molar-refractivity contribution >= 4 is 23.4 Å². The first kappa shape index (κ1) is 19.9. The Hall–Kier alpha value is -2.37. The molecule has 0 radical (unpaired) electrons. The van der Waals surface area contributed by atoms with Crippen LogP contribution in [0.2, 0.25) is 0 Å². The molecule has 0 saturated carbocycles. The lowest BCUT2D eigenvalue weighted by molar-refractivity contribution is -0.134. The number of piperidine rings is 1. The number of nitrogens with one attached hydrogen (secondary N) is 2. The van der Waals surface area contributed by atoms with E-state index in [1.807, 2.05) is 49.9 Å². The zero-order valence-electron chi connectivity index (χ0n) is 15.9. The van der Waals surface area contributed by atoms with Crippen LogP contribution < -0.4 is 10.6 Å². The molecule has 1 aliphatic heterocycles. The minimum atomic E-state index is -0.462. The molecule has 1 heterocycles. The van der Waals surface area contributed by atoms with Gasteiger partial charge < -0.3 is 15.5 Å². The zero-order chi connectivity index (χ0) is 19.2. The van der Waals surface area contributed by atoms with Gasteiger partial charge in [0, 0.05) is 43.6 Å². The van der Waals surface area contributed by atoms with Crippen molar-refractivity contribution in [3.05, 3.63) is 29.8 Å². The highest BCUT2D eigenvalue weighted by atomic mass is 16.2. The predicted octanol–water partition coefficient (Wildman–Crippen LogP) is 2.69. The van der Waals surface area contributed by atoms with Gasteiger partial charge in [-0.05, 0) is 30.5 Å². The van der Waals surface area contributed by atoms with Crippen LogP contribution in [0.3, 0.4) is 0 Å². The second kappa shape index (κ2) is 8.83. The minimum Gasteiger partial charge on any atom is -0.355 e. The Bertz CT molecular complexity index is 665. The smallest absolute Gasteiger partial charge is 0.226 e. The van der Waals surface area contributed by atoms with Gasteiger partial charge in [-0.1, -0.05) is 32.9 Å². The number of anilines is 1. The van der Waals surface area contributed by atoms with Crippen molar-refractivity contribution in [2.24, 2.45) is 5.41 Å². The molecule has 1 aliphatic rings. The number of nitrogens with zero attached hydrogens (tertiary/aromatic N) is 1. The second-order valence-electron chi connectivity index (χ2n) is 7.78. The highest BCUT2D eigenvalue weighted by Gasteiger charge is 2.21. The van der Waals surface area contributed by atoms with Crippen molar-refractivity contribution in [2.45, 2.75) is 53.0 Å². The standard InChI is InChI=1S/C20H29N3O3/c1-20(2,3)19(26)21-11-10-17(24)22-16-8-6-7-15(13-16)14-23-12-5-4-9-18(23)25/h6-8,13H,4-5,9-12,14H2,1-3H3,(H,21,26)(H,22,24). The van der Waals surface area contributed by atoms with Crippen LogP contribution >= 0.6 is 0 Å². The monoisotopic (exact) mass is 359 g/mol. The van der Waals surface area contributed by atoms with E-state index in [0.29, 0.717) is 25.2 Å². The molecule has 2 N–H and O–H groups in total. The molecule has 0 aromatic heterocycles. The van der Waals surface area contributed by atoms with E-state index in [1.54, 1.807) is 0 Å². The Labute approximate surface area is 155 Å². The summed E-state index contributed by atoms with van der Waals surface area (Å²) >= 11 is 0. The third kappa shape index (κ3) is 6.17. The SMILES string of the molecule is CC(C)(C)C(=O)NCCC(=O)Nc1cccc(CN2CCCCC2=O)c1. The Morgan fingerprint density at radius 1 is 1.19 bits per heavy atom. The van der Waals surface area contributed by atoms with Crippen LogP contribution in [-0.4, -0.2) is 35.7 Å². The van der Waals surface area contributed by atoms with Gasteiger partial charge in [0.25, 0.3) is 0 Å². The molecule has 0 bridgehead atoms. The molecule has 1 fully saturated rings. The van der Waals surface area contributed by atoms with E-state index in [2.05, 4.69) is 10.6 Å². The Balaban J connectivity index is 1.83. The number of likely N-dealkylation sites (tertiary alicyclic amines) is 1. The molecule has 26 heavy (non-hydrogen) atoms. The fourth-order valence-corrected chi connectivity index (χ4v) is 2.77. The summed E-state index contributed by atoms with van der Waals surface area (Å²) in [6.45, 7) is 7.18. The van der Waals surface area contributed by atoms with E-state index >= 15 is 0 Å². The van der Waals surface area contributed by atoms with Crippen LogP contribution in [0, 0.1) is 5.41 Å². The van der Waals surface area contributed by atoms with Crippen LogP contribution in [0.15, 0.2) is 24.3 Å². The summed E-state index contributed by atoms with van der Waals surface area (Å²) in [6, 6.07) is 7.56. The molecule has 0 atom stereocenters. The summed E-state index contributed by atoms with van der Waals surface area (Å²) in [6.07, 6.45) is 2.85. The minimum absolute atomic E-state index is 0.0708. The molecule has 6 nitrogen and oxygen atoms in total. The Morgan fingerprint density at radius 3 is 2.65 bits per heavy atom. The molecule has 3 amide bonds. The van der Waals surface area contributed by atoms with Gasteiger partial charge >= 0.3 is 0 Å². The molecule has 142 valence electrons. The van der Waals surface area contributed by atoms with Gasteiger partial charge in [-0.25, -0.2) is 0 Å². The summed E-state index contributed by atoms with van der Waals surface area (Å²) in [4.78, 5) is 37.7. The quantitative estimate of drug-likeness (QED) is 0.820. The van der Waals surface area contributed by atoms with Crippen molar-refractivity contribution in [3.8, 4) is 0 Å². The first-order valence-corrected chi connectivity index (χ1v) is 9.20. The van der Waals surface area contributed by atoms with Crippen LogP contribution in [0.4, 0.5) is 5.69 Å². The van der Waals surface area contributed by atoms with E-state index in [4.69, 9.17) is 0 Å². The summed E-state index contributed by atoms with van der Waals surface area (Å²) in [5.74, 6) is -0.0239. The summed E-state index contributed by atoms with van der Waals surface area (Å²) in [7, 11) is 0. The van der Waals surface area contributed by atoms with Crippen molar-refractivity contribution in [1.29, 1.82) is 0 Å². The third-order valence-corrected chi connectivity index (χ3v) is 4.32. The highest BCUT2D eigenvalue weighted by Crippen LogP contribution is 2.17.